The number of aromatic nitrogens is 1. The molecular weight excluding hydrogens is 370 g/mol. The number of ether oxygens (including phenoxy) is 1. The fraction of sp³-hybridized carbons (Fsp3) is 0.500. The Hall–Kier alpha value is -2.83. The van der Waals surface area contributed by atoms with Crippen LogP contribution in [-0.4, -0.2) is 52.4 Å². The van der Waals surface area contributed by atoms with E-state index >= 15 is 0 Å². The molecule has 29 heavy (non-hydrogen) atoms. The van der Waals surface area contributed by atoms with E-state index in [2.05, 4.69) is 10.3 Å². The molecule has 2 N–H and O–H groups in total. The summed E-state index contributed by atoms with van der Waals surface area (Å²) in [6.07, 6.45) is 5.13. The van der Waals surface area contributed by atoms with Gasteiger partial charge in [0.15, 0.2) is 6.61 Å². The SMILES string of the molecule is CC(=O)NC(Cc1c[nH]c2ccccc12)C(=O)OCC(=O)N1C(C)CCCC1C. The van der Waals surface area contributed by atoms with Crippen LogP contribution in [0.2, 0.25) is 0 Å². The summed E-state index contributed by atoms with van der Waals surface area (Å²) in [4.78, 5) is 41.9. The molecule has 156 valence electrons. The molecule has 2 aromatic rings. The van der Waals surface area contributed by atoms with Crippen molar-refractivity contribution in [2.45, 2.75) is 64.6 Å². The van der Waals surface area contributed by atoms with Crippen LogP contribution in [0.3, 0.4) is 0 Å². The fourth-order valence-electron chi connectivity index (χ4n) is 4.18. The van der Waals surface area contributed by atoms with Gasteiger partial charge in [-0.2, -0.15) is 0 Å². The summed E-state index contributed by atoms with van der Waals surface area (Å²) in [6, 6.07) is 7.19. The number of nitrogens with zero attached hydrogens (tertiary/aromatic N) is 1. The number of nitrogens with one attached hydrogen (secondary N) is 2. The number of amides is 2. The number of carbonyl (C=O) groups excluding carboxylic acids is 3. The first-order valence-electron chi connectivity index (χ1n) is 10.2. The maximum Gasteiger partial charge on any atom is 0.329 e. The summed E-state index contributed by atoms with van der Waals surface area (Å²) < 4.78 is 5.32. The van der Waals surface area contributed by atoms with Gasteiger partial charge in [0.25, 0.3) is 5.91 Å². The third-order valence-electron chi connectivity index (χ3n) is 5.58. The van der Waals surface area contributed by atoms with Gasteiger partial charge >= 0.3 is 5.97 Å². The zero-order chi connectivity index (χ0) is 21.0. The average Bonchev–Trinajstić information content (AvgIpc) is 3.08. The Labute approximate surface area is 170 Å². The molecule has 2 amide bonds. The Morgan fingerprint density at radius 3 is 2.59 bits per heavy atom. The molecule has 7 nitrogen and oxygen atoms in total. The zero-order valence-corrected chi connectivity index (χ0v) is 17.2. The van der Waals surface area contributed by atoms with Gasteiger partial charge in [-0.15, -0.1) is 0 Å². The first kappa shape index (κ1) is 20.9. The molecule has 2 heterocycles. The van der Waals surface area contributed by atoms with Crippen LogP contribution in [0, 0.1) is 0 Å². The first-order valence-corrected chi connectivity index (χ1v) is 10.2. The van der Waals surface area contributed by atoms with Crippen molar-refractivity contribution in [2.24, 2.45) is 0 Å². The summed E-state index contributed by atoms with van der Waals surface area (Å²) in [5.41, 5.74) is 1.86. The van der Waals surface area contributed by atoms with Crippen LogP contribution in [0.15, 0.2) is 30.5 Å². The van der Waals surface area contributed by atoms with Crippen molar-refractivity contribution >= 4 is 28.7 Å². The number of esters is 1. The van der Waals surface area contributed by atoms with E-state index in [1.54, 1.807) is 0 Å². The van der Waals surface area contributed by atoms with Crippen molar-refractivity contribution in [1.82, 2.24) is 15.2 Å². The predicted octanol–water partition coefficient (Wildman–Crippen LogP) is 2.55. The van der Waals surface area contributed by atoms with Gasteiger partial charge in [-0.1, -0.05) is 18.2 Å². The van der Waals surface area contributed by atoms with E-state index in [1.807, 2.05) is 49.2 Å². The van der Waals surface area contributed by atoms with E-state index < -0.39 is 12.0 Å². The first-order chi connectivity index (χ1) is 13.9. The number of para-hydroxylation sites is 1. The molecule has 0 spiro atoms. The number of hydrogen-bond acceptors (Lipinski definition) is 4. The third-order valence-corrected chi connectivity index (χ3v) is 5.58. The minimum Gasteiger partial charge on any atom is -0.454 e. The molecule has 3 unspecified atom stereocenters. The van der Waals surface area contributed by atoms with Gasteiger partial charge in [-0.3, -0.25) is 9.59 Å². The molecule has 1 aliphatic heterocycles. The lowest BCUT2D eigenvalue weighted by Crippen LogP contribution is -2.50. The lowest BCUT2D eigenvalue weighted by Gasteiger charge is -2.38. The lowest BCUT2D eigenvalue weighted by atomic mass is 9.97. The number of piperidine rings is 1. The fourth-order valence-corrected chi connectivity index (χ4v) is 4.18. The molecule has 0 bridgehead atoms. The highest BCUT2D eigenvalue weighted by molar-refractivity contribution is 5.88. The number of carbonyl (C=O) groups is 3. The number of aromatic amines is 1. The summed E-state index contributed by atoms with van der Waals surface area (Å²) in [5.74, 6) is -1.11. The van der Waals surface area contributed by atoms with Crippen molar-refractivity contribution in [3.63, 3.8) is 0 Å². The van der Waals surface area contributed by atoms with E-state index in [1.165, 1.54) is 6.92 Å². The topological polar surface area (TPSA) is 91.5 Å². The van der Waals surface area contributed by atoms with Gasteiger partial charge in [0, 0.05) is 42.5 Å². The molecule has 3 atom stereocenters. The van der Waals surface area contributed by atoms with Crippen LogP contribution in [0.4, 0.5) is 0 Å². The smallest absolute Gasteiger partial charge is 0.329 e. The molecule has 1 aromatic heterocycles. The van der Waals surface area contributed by atoms with Gasteiger partial charge in [0.05, 0.1) is 0 Å². The summed E-state index contributed by atoms with van der Waals surface area (Å²) >= 11 is 0. The Balaban J connectivity index is 1.66. The molecule has 1 aromatic carbocycles. The summed E-state index contributed by atoms with van der Waals surface area (Å²) in [7, 11) is 0. The van der Waals surface area contributed by atoms with E-state index in [-0.39, 0.29) is 36.9 Å². The largest absolute Gasteiger partial charge is 0.454 e. The Morgan fingerprint density at radius 2 is 1.90 bits per heavy atom. The molecule has 7 heteroatoms. The van der Waals surface area contributed by atoms with E-state index in [0.29, 0.717) is 0 Å². The van der Waals surface area contributed by atoms with Crippen LogP contribution in [0.1, 0.15) is 45.6 Å². The van der Waals surface area contributed by atoms with Crippen molar-refractivity contribution in [1.29, 1.82) is 0 Å². The number of H-pyrrole nitrogens is 1. The molecule has 3 rings (SSSR count). The number of benzene rings is 1. The Kier molecular flexibility index (Phi) is 6.56. The van der Waals surface area contributed by atoms with Crippen molar-refractivity contribution < 1.29 is 19.1 Å². The van der Waals surface area contributed by atoms with Gasteiger partial charge < -0.3 is 19.9 Å². The van der Waals surface area contributed by atoms with Crippen LogP contribution >= 0.6 is 0 Å². The molecule has 0 aliphatic carbocycles. The standard InChI is InChI=1S/C22H29N3O4/c1-14-7-6-8-15(2)25(14)21(27)13-29-22(28)20(24-16(3)26)11-17-12-23-19-10-5-4-9-18(17)19/h4-5,9-10,12,14-15,20,23H,6-8,11,13H2,1-3H3,(H,24,26). The van der Waals surface area contributed by atoms with Gasteiger partial charge in [-0.05, 0) is 44.7 Å². The number of fused-ring (bicyclic) bond motifs is 1. The minimum atomic E-state index is -0.851. The molecule has 0 radical (unpaired) electrons. The van der Waals surface area contributed by atoms with E-state index in [4.69, 9.17) is 4.74 Å². The number of rotatable bonds is 6. The van der Waals surface area contributed by atoms with Gasteiger partial charge in [0.2, 0.25) is 5.91 Å². The highest BCUT2D eigenvalue weighted by Gasteiger charge is 2.30. The van der Waals surface area contributed by atoms with Crippen LogP contribution in [-0.2, 0) is 25.5 Å². The molecule has 1 fully saturated rings. The minimum absolute atomic E-state index is 0.141. The van der Waals surface area contributed by atoms with Crippen molar-refractivity contribution in [3.05, 3.63) is 36.0 Å². The Morgan fingerprint density at radius 1 is 1.21 bits per heavy atom. The number of likely N-dealkylation sites (tertiary alicyclic amines) is 1. The summed E-state index contributed by atoms with van der Waals surface area (Å²) in [5, 5.41) is 3.64. The van der Waals surface area contributed by atoms with E-state index in [9.17, 15) is 14.4 Å². The molecular formula is C22H29N3O4. The lowest BCUT2D eigenvalue weighted by molar-refractivity contribution is -0.156. The zero-order valence-electron chi connectivity index (χ0n) is 17.2. The second kappa shape index (κ2) is 9.11. The highest BCUT2D eigenvalue weighted by Crippen LogP contribution is 2.23. The second-order valence-corrected chi connectivity index (χ2v) is 7.85. The van der Waals surface area contributed by atoms with Crippen LogP contribution in [0.25, 0.3) is 10.9 Å². The van der Waals surface area contributed by atoms with Crippen molar-refractivity contribution in [2.75, 3.05) is 6.61 Å². The number of hydrogen-bond donors (Lipinski definition) is 2. The van der Waals surface area contributed by atoms with Crippen LogP contribution < -0.4 is 5.32 Å². The van der Waals surface area contributed by atoms with Crippen molar-refractivity contribution in [3.8, 4) is 0 Å². The molecule has 1 aliphatic rings. The quantitative estimate of drug-likeness (QED) is 0.731. The third kappa shape index (κ3) is 4.96. The molecule has 0 saturated carbocycles. The van der Waals surface area contributed by atoms with Gasteiger partial charge in [-0.25, -0.2) is 4.79 Å². The normalized spacial score (nSPS) is 20.3. The second-order valence-electron chi connectivity index (χ2n) is 7.85. The monoisotopic (exact) mass is 399 g/mol. The Bertz CT molecular complexity index is 881. The van der Waals surface area contributed by atoms with Gasteiger partial charge in [0.1, 0.15) is 6.04 Å². The highest BCUT2D eigenvalue weighted by atomic mass is 16.5. The average molecular weight is 399 g/mol. The predicted molar refractivity (Wildman–Crippen MR) is 110 cm³/mol. The van der Waals surface area contributed by atoms with Crippen LogP contribution in [0.5, 0.6) is 0 Å². The molecule has 1 saturated heterocycles. The van der Waals surface area contributed by atoms with E-state index in [0.717, 1.165) is 35.7 Å². The summed E-state index contributed by atoms with van der Waals surface area (Å²) in [6.45, 7) is 5.09. The maximum atomic E-state index is 12.7. The maximum absolute atomic E-state index is 12.7.